The minimum absolute atomic E-state index is 0. The van der Waals surface area contributed by atoms with E-state index in [2.05, 4.69) is 0 Å². The molecule has 1 saturated carbocycles. The van der Waals surface area contributed by atoms with Crippen LogP contribution in [0.25, 0.3) is 0 Å². The number of rotatable bonds is 2. The molecule has 1 aliphatic heterocycles. The number of carbonyl (C=O) groups is 2. The summed E-state index contributed by atoms with van der Waals surface area (Å²) in [7, 11) is 0. The largest absolute Gasteiger partial charge is 1.00 e. The quantitative estimate of drug-likeness (QED) is 0.401. The van der Waals surface area contributed by atoms with Crippen molar-refractivity contribution in [2.45, 2.75) is 37.8 Å². The third kappa shape index (κ3) is 1.89. The number of aliphatic carboxylic acids is 1. The number of likely N-dealkylation sites (tertiary alicyclic amines) is 1. The van der Waals surface area contributed by atoms with Gasteiger partial charge in [0.1, 0.15) is 0 Å². The molecule has 2 aliphatic rings. The van der Waals surface area contributed by atoms with Gasteiger partial charge in [0.05, 0.1) is 12.0 Å². The Bertz CT molecular complexity index is 240. The van der Waals surface area contributed by atoms with Gasteiger partial charge in [0.2, 0.25) is 5.91 Å². The van der Waals surface area contributed by atoms with Gasteiger partial charge in [-0.2, -0.15) is 0 Å². The summed E-state index contributed by atoms with van der Waals surface area (Å²) in [6.07, 6.45) is 2.71. The second kappa shape index (κ2) is 3.73. The van der Waals surface area contributed by atoms with E-state index < -0.39 is 12.0 Å². The average Bonchev–Trinajstić information content (AvgIpc) is 2.75. The van der Waals surface area contributed by atoms with Crippen LogP contribution in [0.1, 0.15) is 25.7 Å². The van der Waals surface area contributed by atoms with Crippen molar-refractivity contribution in [3.63, 3.8) is 0 Å². The third-order valence-electron chi connectivity index (χ3n) is 2.47. The average molecular weight is 175 g/mol. The zero-order chi connectivity index (χ0) is 8.72. The fourth-order valence-corrected chi connectivity index (χ4v) is 1.74. The number of hydrogen-bond acceptors (Lipinski definition) is 3. The van der Waals surface area contributed by atoms with Crippen LogP contribution in [0.3, 0.4) is 0 Å². The van der Waals surface area contributed by atoms with Crippen molar-refractivity contribution in [2.75, 3.05) is 0 Å². The van der Waals surface area contributed by atoms with Crippen LogP contribution in [0, 0.1) is 0 Å². The van der Waals surface area contributed by atoms with Crippen LogP contribution < -0.4 is 24.0 Å². The summed E-state index contributed by atoms with van der Waals surface area (Å²) in [6.45, 7) is 0. The summed E-state index contributed by atoms with van der Waals surface area (Å²) in [4.78, 5) is 23.3. The summed E-state index contributed by atoms with van der Waals surface area (Å²) in [5.74, 6) is -1.13. The van der Waals surface area contributed by atoms with Crippen molar-refractivity contribution in [2.24, 2.45) is 0 Å². The van der Waals surface area contributed by atoms with Gasteiger partial charge in [-0.05, 0) is 19.3 Å². The fraction of sp³-hybridized carbons (Fsp3) is 0.750. The standard InChI is InChI=1S/C8H11NO3.Li/c10-7-4-3-6(8(11)12)9(7)5-1-2-5;/h5-6H,1-4H2,(H,11,12);/q;+1/p-1/t6-;/m1./s1. The Kier molecular flexibility index (Phi) is 3.04. The van der Waals surface area contributed by atoms with Crippen LogP contribution in [0.4, 0.5) is 0 Å². The van der Waals surface area contributed by atoms with E-state index in [1.807, 2.05) is 0 Å². The van der Waals surface area contributed by atoms with E-state index in [1.165, 1.54) is 4.90 Å². The van der Waals surface area contributed by atoms with E-state index in [4.69, 9.17) is 0 Å². The smallest absolute Gasteiger partial charge is 0.548 e. The Hall–Kier alpha value is -0.463. The first-order valence-electron chi connectivity index (χ1n) is 4.22. The minimum atomic E-state index is -1.10. The summed E-state index contributed by atoms with van der Waals surface area (Å²) >= 11 is 0. The van der Waals surface area contributed by atoms with Gasteiger partial charge in [0.25, 0.3) is 0 Å². The van der Waals surface area contributed by atoms with E-state index in [0.717, 1.165) is 12.8 Å². The third-order valence-corrected chi connectivity index (χ3v) is 2.47. The number of hydrogen-bond donors (Lipinski definition) is 0. The molecule has 66 valence electrons. The number of carboxylic acid groups (broad SMARTS) is 1. The Morgan fingerprint density at radius 1 is 1.38 bits per heavy atom. The molecule has 0 aromatic carbocycles. The van der Waals surface area contributed by atoms with Crippen LogP contribution >= 0.6 is 0 Å². The summed E-state index contributed by atoms with van der Waals surface area (Å²) < 4.78 is 0. The Balaban J connectivity index is 0.000000845. The van der Waals surface area contributed by atoms with Gasteiger partial charge < -0.3 is 14.8 Å². The van der Waals surface area contributed by atoms with E-state index in [0.29, 0.717) is 12.8 Å². The van der Waals surface area contributed by atoms with Crippen LogP contribution in [-0.4, -0.2) is 28.9 Å². The zero-order valence-corrected chi connectivity index (χ0v) is 7.66. The van der Waals surface area contributed by atoms with E-state index >= 15 is 0 Å². The maximum absolute atomic E-state index is 11.2. The van der Waals surface area contributed by atoms with Gasteiger partial charge in [-0.3, -0.25) is 4.79 Å². The van der Waals surface area contributed by atoms with Crippen molar-refractivity contribution in [3.8, 4) is 0 Å². The molecule has 1 amide bonds. The van der Waals surface area contributed by atoms with Gasteiger partial charge in [-0.1, -0.05) is 0 Å². The fourth-order valence-electron chi connectivity index (χ4n) is 1.74. The Morgan fingerprint density at radius 3 is 2.46 bits per heavy atom. The first-order chi connectivity index (χ1) is 5.70. The van der Waals surface area contributed by atoms with E-state index in [9.17, 15) is 14.7 Å². The molecule has 2 rings (SSSR count). The maximum Gasteiger partial charge on any atom is 1.00 e. The molecule has 1 aliphatic carbocycles. The molecule has 5 heteroatoms. The predicted octanol–water partition coefficient (Wildman–Crippen LogP) is -4.11. The van der Waals surface area contributed by atoms with Gasteiger partial charge in [0, 0.05) is 12.5 Å². The Morgan fingerprint density at radius 2 is 2.00 bits per heavy atom. The molecule has 0 spiro atoms. The molecule has 1 saturated heterocycles. The van der Waals surface area contributed by atoms with Crippen molar-refractivity contribution in [1.82, 2.24) is 4.90 Å². The monoisotopic (exact) mass is 175 g/mol. The SMILES string of the molecule is O=C([O-])[C@H]1CCC(=O)N1C1CC1.[Li+]. The molecular formula is C8H10LiNO3. The normalized spacial score (nSPS) is 27.2. The summed E-state index contributed by atoms with van der Waals surface area (Å²) in [5, 5.41) is 10.6. The molecule has 0 bridgehead atoms. The molecule has 0 unspecified atom stereocenters. The molecule has 0 aromatic rings. The first kappa shape index (κ1) is 10.6. The Labute approximate surface area is 88.5 Å². The molecular weight excluding hydrogens is 165 g/mol. The number of amides is 1. The molecule has 13 heavy (non-hydrogen) atoms. The van der Waals surface area contributed by atoms with Gasteiger partial charge in [-0.15, -0.1) is 0 Å². The number of nitrogens with zero attached hydrogens (tertiary/aromatic N) is 1. The van der Waals surface area contributed by atoms with Crippen LogP contribution in [0.2, 0.25) is 0 Å². The maximum atomic E-state index is 11.2. The topological polar surface area (TPSA) is 60.4 Å². The first-order valence-corrected chi connectivity index (χ1v) is 4.22. The van der Waals surface area contributed by atoms with Crippen molar-refractivity contribution in [3.05, 3.63) is 0 Å². The van der Waals surface area contributed by atoms with Gasteiger partial charge in [-0.25, -0.2) is 0 Å². The van der Waals surface area contributed by atoms with Crippen LogP contribution in [-0.2, 0) is 9.59 Å². The second-order valence-electron chi connectivity index (χ2n) is 3.41. The van der Waals surface area contributed by atoms with Crippen molar-refractivity contribution < 1.29 is 33.6 Å². The van der Waals surface area contributed by atoms with Gasteiger partial charge >= 0.3 is 18.9 Å². The molecule has 2 fully saturated rings. The molecule has 0 aromatic heterocycles. The number of carboxylic acids is 1. The zero-order valence-electron chi connectivity index (χ0n) is 7.66. The summed E-state index contributed by atoms with van der Waals surface area (Å²) in [5.41, 5.74) is 0. The molecule has 1 heterocycles. The molecule has 0 radical (unpaired) electrons. The molecule has 0 N–H and O–H groups in total. The summed E-state index contributed by atoms with van der Waals surface area (Å²) in [6, 6.07) is -0.451. The van der Waals surface area contributed by atoms with E-state index in [1.54, 1.807) is 0 Å². The number of carbonyl (C=O) groups excluding carboxylic acids is 2. The van der Waals surface area contributed by atoms with Gasteiger partial charge in [0.15, 0.2) is 0 Å². The van der Waals surface area contributed by atoms with Crippen LogP contribution in [0.5, 0.6) is 0 Å². The molecule has 1 atom stereocenters. The van der Waals surface area contributed by atoms with E-state index in [-0.39, 0.29) is 30.8 Å². The second-order valence-corrected chi connectivity index (χ2v) is 3.41. The van der Waals surface area contributed by atoms with Crippen molar-refractivity contribution in [1.29, 1.82) is 0 Å². The minimum Gasteiger partial charge on any atom is -0.548 e. The van der Waals surface area contributed by atoms with Crippen LogP contribution in [0.15, 0.2) is 0 Å². The predicted molar refractivity (Wildman–Crippen MR) is 37.9 cm³/mol. The molecule has 4 nitrogen and oxygen atoms in total. The van der Waals surface area contributed by atoms with Crippen molar-refractivity contribution >= 4 is 11.9 Å².